The number of fused-ring (bicyclic) bond motifs is 4. The van der Waals surface area contributed by atoms with E-state index in [1.807, 2.05) is 11.9 Å². The number of benzene rings is 2. The molecule has 6 rings (SSSR count). The average molecular weight is 404 g/mol. The van der Waals surface area contributed by atoms with Gasteiger partial charge in [0.2, 0.25) is 5.91 Å². The second kappa shape index (κ2) is 7.02. The highest BCUT2D eigenvalue weighted by Gasteiger charge is 2.46. The molecule has 30 heavy (non-hydrogen) atoms. The summed E-state index contributed by atoms with van der Waals surface area (Å²) >= 11 is 0. The maximum atomic E-state index is 12.5. The predicted octanol–water partition coefficient (Wildman–Crippen LogP) is 3.21. The molecule has 0 radical (unpaired) electrons. The van der Waals surface area contributed by atoms with Gasteiger partial charge in [-0.25, -0.2) is 0 Å². The molecular formula is C25H29N3O2. The number of anilines is 2. The van der Waals surface area contributed by atoms with Crippen LogP contribution in [-0.2, 0) is 17.6 Å². The molecule has 0 unspecified atom stereocenters. The van der Waals surface area contributed by atoms with Gasteiger partial charge in [0.25, 0.3) is 0 Å². The summed E-state index contributed by atoms with van der Waals surface area (Å²) < 4.78 is 5.88. The molecule has 0 aliphatic carbocycles. The van der Waals surface area contributed by atoms with Crippen LogP contribution >= 0.6 is 0 Å². The molecular weight excluding hydrogens is 374 g/mol. The van der Waals surface area contributed by atoms with Gasteiger partial charge in [0.15, 0.2) is 0 Å². The number of hydrogen-bond donors (Lipinski definition) is 0. The minimum atomic E-state index is 0.209. The summed E-state index contributed by atoms with van der Waals surface area (Å²) in [4.78, 5) is 19.4. The monoisotopic (exact) mass is 403 g/mol. The van der Waals surface area contributed by atoms with Gasteiger partial charge in [0.05, 0.1) is 24.5 Å². The van der Waals surface area contributed by atoms with E-state index in [1.54, 1.807) is 0 Å². The second-order valence-electron chi connectivity index (χ2n) is 9.17. The number of hydrogen-bond acceptors (Lipinski definition) is 4. The first-order valence-electron chi connectivity index (χ1n) is 11.3. The highest BCUT2D eigenvalue weighted by molar-refractivity contribution is 6.04. The summed E-state index contributed by atoms with van der Waals surface area (Å²) in [6.45, 7) is 4.70. The van der Waals surface area contributed by atoms with E-state index < -0.39 is 0 Å². The highest BCUT2D eigenvalue weighted by atomic mass is 16.5. The molecule has 0 saturated carbocycles. The van der Waals surface area contributed by atoms with Crippen LogP contribution in [0.15, 0.2) is 36.4 Å². The van der Waals surface area contributed by atoms with E-state index in [0.29, 0.717) is 18.5 Å². The summed E-state index contributed by atoms with van der Waals surface area (Å²) in [5.41, 5.74) is 6.58. The molecule has 0 aromatic heterocycles. The standard InChI is InChI=1S/C25H29N3O2/c1-26-22-9-3-8-19-20-15-27(13-10-21(20)28(24(19)22)16-23(26)29)12-4-7-17-5-2-6-18-11-14-30-25(17)18/h2-3,5-6,8-9,20-21H,4,7,10-16H2,1H3/t20-,21-/m1/s1. The normalized spacial score (nSPS) is 24.5. The zero-order chi connectivity index (χ0) is 20.2. The van der Waals surface area contributed by atoms with Crippen molar-refractivity contribution in [3.05, 3.63) is 53.1 Å². The average Bonchev–Trinajstić information content (AvgIpc) is 3.36. The Balaban J connectivity index is 1.15. The number of rotatable bonds is 4. The first kappa shape index (κ1) is 18.3. The quantitative estimate of drug-likeness (QED) is 0.786. The van der Waals surface area contributed by atoms with E-state index in [0.717, 1.165) is 63.4 Å². The van der Waals surface area contributed by atoms with Gasteiger partial charge < -0.3 is 19.4 Å². The second-order valence-corrected chi connectivity index (χ2v) is 9.17. The Morgan fingerprint density at radius 3 is 3.00 bits per heavy atom. The van der Waals surface area contributed by atoms with Crippen LogP contribution in [0, 0.1) is 0 Å². The van der Waals surface area contributed by atoms with Gasteiger partial charge in [-0.15, -0.1) is 0 Å². The van der Waals surface area contributed by atoms with Crippen LogP contribution in [0.2, 0.25) is 0 Å². The van der Waals surface area contributed by atoms with Crippen LogP contribution in [0.3, 0.4) is 0 Å². The number of piperidine rings is 1. The summed E-state index contributed by atoms with van der Waals surface area (Å²) in [5.74, 6) is 1.87. The Morgan fingerprint density at radius 1 is 1.17 bits per heavy atom. The molecule has 0 N–H and O–H groups in total. The fraction of sp³-hybridized carbons (Fsp3) is 0.480. The van der Waals surface area contributed by atoms with Crippen molar-refractivity contribution in [1.82, 2.24) is 4.90 Å². The minimum Gasteiger partial charge on any atom is -0.493 e. The summed E-state index contributed by atoms with van der Waals surface area (Å²) in [7, 11) is 1.91. The number of amides is 1. The Kier molecular flexibility index (Phi) is 4.27. The van der Waals surface area contributed by atoms with Crippen LogP contribution < -0.4 is 14.5 Å². The van der Waals surface area contributed by atoms with Crippen LogP contribution in [0.1, 0.15) is 35.4 Å². The SMILES string of the molecule is CN1C(=O)CN2c3c(cccc31)[C@H]1CN(CCCc3cccc4c3OCC4)CC[C@H]12. The topological polar surface area (TPSA) is 36.0 Å². The Morgan fingerprint density at radius 2 is 2.07 bits per heavy atom. The Labute approximate surface area is 178 Å². The van der Waals surface area contributed by atoms with E-state index in [4.69, 9.17) is 4.74 Å². The largest absolute Gasteiger partial charge is 0.493 e. The molecule has 2 aromatic rings. The van der Waals surface area contributed by atoms with Crippen molar-refractivity contribution in [2.45, 2.75) is 37.6 Å². The highest BCUT2D eigenvalue weighted by Crippen LogP contribution is 2.50. The first-order chi connectivity index (χ1) is 14.7. The van der Waals surface area contributed by atoms with Crippen LogP contribution in [0.25, 0.3) is 0 Å². The number of para-hydroxylation sites is 2. The maximum Gasteiger partial charge on any atom is 0.246 e. The van der Waals surface area contributed by atoms with E-state index >= 15 is 0 Å². The lowest BCUT2D eigenvalue weighted by atomic mass is 9.89. The lowest BCUT2D eigenvalue weighted by Gasteiger charge is -2.41. The Hall–Kier alpha value is -2.53. The first-order valence-corrected chi connectivity index (χ1v) is 11.3. The number of likely N-dealkylation sites (N-methyl/N-ethyl adjacent to an activating group) is 1. The molecule has 2 aromatic carbocycles. The molecule has 5 heteroatoms. The van der Waals surface area contributed by atoms with Gasteiger partial charge in [-0.3, -0.25) is 4.79 Å². The third-order valence-electron chi connectivity index (χ3n) is 7.55. The van der Waals surface area contributed by atoms with Gasteiger partial charge >= 0.3 is 0 Å². The van der Waals surface area contributed by atoms with Crippen molar-refractivity contribution >= 4 is 17.3 Å². The number of likely N-dealkylation sites (tertiary alicyclic amines) is 1. The zero-order valence-electron chi connectivity index (χ0n) is 17.6. The third-order valence-corrected chi connectivity index (χ3v) is 7.55. The fourth-order valence-electron chi connectivity index (χ4n) is 6.04. The molecule has 4 aliphatic rings. The van der Waals surface area contributed by atoms with Crippen LogP contribution in [0.5, 0.6) is 5.75 Å². The van der Waals surface area contributed by atoms with Crippen molar-refractivity contribution < 1.29 is 9.53 Å². The number of ether oxygens (including phenoxy) is 1. The maximum absolute atomic E-state index is 12.5. The Bertz CT molecular complexity index is 1000. The molecule has 1 amide bonds. The van der Waals surface area contributed by atoms with Crippen molar-refractivity contribution in [1.29, 1.82) is 0 Å². The van der Waals surface area contributed by atoms with E-state index in [9.17, 15) is 4.79 Å². The third kappa shape index (κ3) is 2.75. The molecule has 1 fully saturated rings. The van der Waals surface area contributed by atoms with Crippen LogP contribution in [0.4, 0.5) is 11.4 Å². The zero-order valence-corrected chi connectivity index (χ0v) is 17.6. The van der Waals surface area contributed by atoms with Gasteiger partial charge in [0, 0.05) is 38.5 Å². The molecule has 156 valence electrons. The van der Waals surface area contributed by atoms with Gasteiger partial charge in [0.1, 0.15) is 5.75 Å². The van der Waals surface area contributed by atoms with Gasteiger partial charge in [-0.1, -0.05) is 30.3 Å². The molecule has 5 nitrogen and oxygen atoms in total. The molecule has 0 spiro atoms. The van der Waals surface area contributed by atoms with E-state index in [-0.39, 0.29) is 5.91 Å². The molecule has 4 aliphatic heterocycles. The fourth-order valence-corrected chi connectivity index (χ4v) is 6.04. The molecule has 2 atom stereocenters. The summed E-state index contributed by atoms with van der Waals surface area (Å²) in [6, 6.07) is 13.6. The van der Waals surface area contributed by atoms with Gasteiger partial charge in [-0.05, 0) is 48.6 Å². The molecule has 4 heterocycles. The summed E-state index contributed by atoms with van der Waals surface area (Å²) in [6.07, 6.45) is 4.43. The lowest BCUT2D eigenvalue weighted by molar-refractivity contribution is -0.117. The van der Waals surface area contributed by atoms with Crippen molar-refractivity contribution in [2.75, 3.05) is 49.6 Å². The predicted molar refractivity (Wildman–Crippen MR) is 119 cm³/mol. The van der Waals surface area contributed by atoms with Gasteiger partial charge in [-0.2, -0.15) is 0 Å². The number of aryl methyl sites for hydroxylation is 1. The van der Waals surface area contributed by atoms with Crippen molar-refractivity contribution in [2.24, 2.45) is 0 Å². The lowest BCUT2D eigenvalue weighted by Crippen LogP contribution is -2.51. The van der Waals surface area contributed by atoms with E-state index in [2.05, 4.69) is 46.2 Å². The number of nitrogens with zero attached hydrogens (tertiary/aromatic N) is 3. The smallest absolute Gasteiger partial charge is 0.246 e. The molecule has 1 saturated heterocycles. The number of carbonyl (C=O) groups excluding carboxylic acids is 1. The molecule has 0 bridgehead atoms. The summed E-state index contributed by atoms with van der Waals surface area (Å²) in [5, 5.41) is 0. The van der Waals surface area contributed by atoms with E-state index in [1.165, 1.54) is 22.4 Å². The van der Waals surface area contributed by atoms with Crippen molar-refractivity contribution in [3.63, 3.8) is 0 Å². The minimum absolute atomic E-state index is 0.209. The van der Waals surface area contributed by atoms with Crippen molar-refractivity contribution in [3.8, 4) is 5.75 Å². The van der Waals surface area contributed by atoms with Crippen LogP contribution in [-0.4, -0.2) is 56.7 Å². The number of carbonyl (C=O) groups is 1.